The van der Waals surface area contributed by atoms with Crippen LogP contribution in [0.5, 0.6) is 0 Å². The van der Waals surface area contributed by atoms with Crippen LogP contribution >= 0.6 is 0 Å². The maximum Gasteiger partial charge on any atom is 0.0541 e. The van der Waals surface area contributed by atoms with Crippen LogP contribution in [0.15, 0.2) is 146 Å². The minimum Gasteiger partial charge on any atom is -1.00 e. The van der Waals surface area contributed by atoms with E-state index in [1.54, 1.807) is 0 Å². The van der Waals surface area contributed by atoms with Crippen LogP contribution in [0.2, 0.25) is 0 Å². The second kappa shape index (κ2) is 8.22. The van der Waals surface area contributed by atoms with Gasteiger partial charge in [-0.25, -0.2) is 0 Å². The van der Waals surface area contributed by atoms with Crippen LogP contribution in [0.25, 0.3) is 66.1 Å². The van der Waals surface area contributed by atoms with Gasteiger partial charge in [0.1, 0.15) is 0 Å². The topological polar surface area (TPSA) is 9.86 Å². The lowest BCUT2D eigenvalue weighted by Crippen LogP contribution is -2.01. The minimum atomic E-state index is 0. The first-order valence-electron chi connectivity index (χ1n) is 13.1. The zero-order valence-electron chi connectivity index (χ0n) is 22.8. The van der Waals surface area contributed by atoms with E-state index in [0.717, 1.165) is 0 Å². The normalized spacial score (nSPS) is 11.7. The molecule has 0 fully saturated rings. The highest BCUT2D eigenvalue weighted by molar-refractivity contribution is 6.11. The van der Waals surface area contributed by atoms with Crippen LogP contribution in [-0.2, 0) is 0 Å². The number of aromatic nitrogens is 2. The highest BCUT2D eigenvalue weighted by Gasteiger charge is 2.19. The highest BCUT2D eigenvalue weighted by Crippen LogP contribution is 2.40. The quantitative estimate of drug-likeness (QED) is 0.235. The van der Waals surface area contributed by atoms with Crippen molar-refractivity contribution < 1.29 is 2.85 Å². The van der Waals surface area contributed by atoms with Gasteiger partial charge < -0.3 is 12.0 Å². The summed E-state index contributed by atoms with van der Waals surface area (Å²) in [6, 6.07) is 52.4. The Morgan fingerprint density at radius 3 is 0.895 bits per heavy atom. The summed E-state index contributed by atoms with van der Waals surface area (Å²) >= 11 is 0. The molecule has 2 heteroatoms. The molecule has 0 bridgehead atoms. The van der Waals surface area contributed by atoms with Gasteiger partial charge in [0.15, 0.2) is 0 Å². The first kappa shape index (κ1) is 21.0. The molecule has 6 aromatic carbocycles. The van der Waals surface area contributed by atoms with E-state index in [9.17, 15) is 0 Å². The largest absolute Gasteiger partial charge is 1.00 e. The number of benzene rings is 6. The van der Waals surface area contributed by atoms with Gasteiger partial charge in [-0.15, -0.1) is 0 Å². The number of nitrogens with zero attached hydrogens (tertiary/aromatic N) is 2. The maximum atomic E-state index is 2.42. The van der Waals surface area contributed by atoms with E-state index in [1.807, 2.05) is 0 Å². The Morgan fingerprint density at radius 1 is 0.289 bits per heavy atom. The molecule has 2 heterocycles. The summed E-state index contributed by atoms with van der Waals surface area (Å²) in [5.74, 6) is 0. The Balaban J connectivity index is 0.00000145. The molecule has 8 rings (SSSR count). The molecular formula is C36H26N2-2. The van der Waals surface area contributed by atoms with Gasteiger partial charge in [-0.05, 0) is 36.4 Å². The predicted octanol–water partition coefficient (Wildman–Crippen LogP) is 9.77. The first-order chi connectivity index (χ1) is 18.9. The molecule has 2 aromatic heterocycles. The van der Waals surface area contributed by atoms with E-state index < -0.39 is 0 Å². The number of para-hydroxylation sites is 6. The van der Waals surface area contributed by atoms with Crippen molar-refractivity contribution in [3.8, 4) is 22.5 Å². The number of hydrogen-bond donors (Lipinski definition) is 0. The lowest BCUT2D eigenvalue weighted by molar-refractivity contribution is 1.16. The van der Waals surface area contributed by atoms with Crippen molar-refractivity contribution in [2.75, 3.05) is 0 Å². The maximum absolute atomic E-state index is 2.42. The van der Waals surface area contributed by atoms with Crippen molar-refractivity contribution in [3.05, 3.63) is 146 Å². The van der Waals surface area contributed by atoms with Crippen LogP contribution in [0.4, 0.5) is 0 Å². The lowest BCUT2D eigenvalue weighted by atomic mass is 10.0. The Kier molecular flexibility index (Phi) is 4.55. The fraction of sp³-hybridized carbons (Fsp3) is 0. The smallest absolute Gasteiger partial charge is 0.0541 e. The molecule has 0 aliphatic heterocycles. The monoisotopic (exact) mass is 486 g/mol. The molecule has 0 radical (unpaired) electrons. The fourth-order valence-electron chi connectivity index (χ4n) is 6.16. The van der Waals surface area contributed by atoms with Crippen LogP contribution in [-0.4, -0.2) is 9.13 Å². The van der Waals surface area contributed by atoms with Gasteiger partial charge in [0, 0.05) is 32.7 Å². The van der Waals surface area contributed by atoms with Crippen molar-refractivity contribution in [2.45, 2.75) is 0 Å². The summed E-state index contributed by atoms with van der Waals surface area (Å²) < 4.78 is 4.84. The van der Waals surface area contributed by atoms with E-state index in [1.165, 1.54) is 66.1 Å². The van der Waals surface area contributed by atoms with E-state index in [2.05, 4.69) is 155 Å². The fourth-order valence-corrected chi connectivity index (χ4v) is 6.16. The van der Waals surface area contributed by atoms with Crippen molar-refractivity contribution in [1.29, 1.82) is 0 Å². The SMILES string of the molecule is [H-].[H-].c1ccc(-n2c3ccccc3c3ccccc32)c(-c2ccccc2-n2c3ccccc3c3ccccc32)c1. The van der Waals surface area contributed by atoms with Gasteiger partial charge in [-0.3, -0.25) is 0 Å². The third-order valence-electron chi connectivity index (χ3n) is 7.74. The van der Waals surface area contributed by atoms with E-state index >= 15 is 0 Å². The average molecular weight is 487 g/mol. The predicted molar refractivity (Wildman–Crippen MR) is 163 cm³/mol. The average Bonchev–Trinajstić information content (AvgIpc) is 3.50. The van der Waals surface area contributed by atoms with E-state index in [4.69, 9.17) is 0 Å². The van der Waals surface area contributed by atoms with Crippen molar-refractivity contribution in [2.24, 2.45) is 0 Å². The molecule has 0 aliphatic rings. The Morgan fingerprint density at radius 2 is 0.553 bits per heavy atom. The van der Waals surface area contributed by atoms with Crippen molar-refractivity contribution >= 4 is 43.6 Å². The number of hydrogen-bond acceptors (Lipinski definition) is 0. The summed E-state index contributed by atoms with van der Waals surface area (Å²) in [7, 11) is 0. The van der Waals surface area contributed by atoms with Crippen LogP contribution in [0.3, 0.4) is 0 Å². The molecule has 0 aliphatic carbocycles. The summed E-state index contributed by atoms with van der Waals surface area (Å²) in [5, 5.41) is 5.09. The molecule has 0 atom stereocenters. The molecule has 2 nitrogen and oxygen atoms in total. The molecule has 0 unspecified atom stereocenters. The van der Waals surface area contributed by atoms with Gasteiger partial charge in [0.2, 0.25) is 0 Å². The standard InChI is InChI=1S/C36H24N2.2H/c1-7-19-31-25(13-1)26-14-2-8-20-32(26)37(31)35-23-11-5-17-29(35)30-18-6-12-24-36(30)38-33-21-9-3-15-27(33)28-16-4-10-22-34(28)38;;/h1-24H;;/q;2*-1. The molecule has 0 saturated heterocycles. The van der Waals surface area contributed by atoms with Crippen LogP contribution in [0, 0.1) is 0 Å². The third kappa shape index (κ3) is 2.95. The summed E-state index contributed by atoms with van der Waals surface area (Å²) in [6.07, 6.45) is 0. The Labute approximate surface area is 223 Å². The molecule has 0 amide bonds. The minimum absolute atomic E-state index is 0. The van der Waals surface area contributed by atoms with Crippen LogP contribution in [0.1, 0.15) is 2.85 Å². The Hall–Kier alpha value is -5.08. The Bertz CT molecular complexity index is 1890. The zero-order chi connectivity index (χ0) is 25.1. The van der Waals surface area contributed by atoms with Gasteiger partial charge in [0.05, 0.1) is 33.4 Å². The number of rotatable bonds is 3. The van der Waals surface area contributed by atoms with Gasteiger partial charge in [0.25, 0.3) is 0 Å². The summed E-state index contributed by atoms with van der Waals surface area (Å²) in [4.78, 5) is 0. The molecule has 182 valence electrons. The molecule has 0 spiro atoms. The van der Waals surface area contributed by atoms with Crippen molar-refractivity contribution in [3.63, 3.8) is 0 Å². The summed E-state index contributed by atoms with van der Waals surface area (Å²) in [5.41, 5.74) is 9.64. The van der Waals surface area contributed by atoms with Crippen LogP contribution < -0.4 is 0 Å². The molecule has 38 heavy (non-hydrogen) atoms. The van der Waals surface area contributed by atoms with Gasteiger partial charge in [-0.1, -0.05) is 109 Å². The van der Waals surface area contributed by atoms with E-state index in [0.29, 0.717) is 0 Å². The second-order valence-corrected chi connectivity index (χ2v) is 9.77. The van der Waals surface area contributed by atoms with Gasteiger partial charge in [-0.2, -0.15) is 0 Å². The molecular weight excluding hydrogens is 460 g/mol. The first-order valence-corrected chi connectivity index (χ1v) is 13.1. The summed E-state index contributed by atoms with van der Waals surface area (Å²) in [6.45, 7) is 0. The van der Waals surface area contributed by atoms with E-state index in [-0.39, 0.29) is 2.85 Å². The molecule has 8 aromatic rings. The lowest BCUT2D eigenvalue weighted by Gasteiger charge is -2.18. The zero-order valence-corrected chi connectivity index (χ0v) is 20.8. The number of fused-ring (bicyclic) bond motifs is 6. The van der Waals surface area contributed by atoms with Crippen molar-refractivity contribution in [1.82, 2.24) is 9.13 Å². The third-order valence-corrected chi connectivity index (χ3v) is 7.74. The van der Waals surface area contributed by atoms with Gasteiger partial charge >= 0.3 is 0 Å². The molecule has 0 N–H and O–H groups in total. The highest BCUT2D eigenvalue weighted by atomic mass is 15.0. The molecule has 0 saturated carbocycles. The second-order valence-electron chi connectivity index (χ2n) is 9.77.